The number of aromatic carboxylic acids is 1. The fourth-order valence-corrected chi connectivity index (χ4v) is 3.06. The SMILES string of the molecule is Cc1c(NC2CCc3ccccc3C2)cccc1C(=O)O. The van der Waals surface area contributed by atoms with Gasteiger partial charge < -0.3 is 10.4 Å². The number of anilines is 1. The summed E-state index contributed by atoms with van der Waals surface area (Å²) in [5.41, 5.74) is 4.94. The molecule has 1 aliphatic carbocycles. The summed E-state index contributed by atoms with van der Waals surface area (Å²) in [4.78, 5) is 11.2. The van der Waals surface area contributed by atoms with Gasteiger partial charge in [-0.05, 0) is 55.0 Å². The maximum atomic E-state index is 11.2. The van der Waals surface area contributed by atoms with E-state index >= 15 is 0 Å². The molecule has 0 aliphatic heterocycles. The van der Waals surface area contributed by atoms with Crippen LogP contribution >= 0.6 is 0 Å². The van der Waals surface area contributed by atoms with Crippen molar-refractivity contribution in [2.75, 3.05) is 5.32 Å². The number of aryl methyl sites for hydroxylation is 1. The molecule has 0 radical (unpaired) electrons. The molecule has 2 aromatic rings. The standard InChI is InChI=1S/C18H19NO2/c1-12-16(18(20)21)7-4-8-17(12)19-15-10-9-13-5-2-3-6-14(13)11-15/h2-8,15,19H,9-11H2,1H3,(H,20,21). The molecule has 0 bridgehead atoms. The third kappa shape index (κ3) is 2.77. The van der Waals surface area contributed by atoms with E-state index in [4.69, 9.17) is 0 Å². The third-order valence-electron chi connectivity index (χ3n) is 4.27. The van der Waals surface area contributed by atoms with Gasteiger partial charge in [0.05, 0.1) is 5.56 Å². The van der Waals surface area contributed by atoms with Gasteiger partial charge in [-0.15, -0.1) is 0 Å². The first-order valence-corrected chi connectivity index (χ1v) is 7.31. The Morgan fingerprint density at radius 2 is 1.90 bits per heavy atom. The average Bonchev–Trinajstić information content (AvgIpc) is 2.49. The second-order valence-corrected chi connectivity index (χ2v) is 5.64. The lowest BCUT2D eigenvalue weighted by atomic mass is 9.88. The topological polar surface area (TPSA) is 49.3 Å². The number of rotatable bonds is 3. The molecule has 1 unspecified atom stereocenters. The molecular weight excluding hydrogens is 262 g/mol. The van der Waals surface area contributed by atoms with Crippen LogP contribution in [0.3, 0.4) is 0 Å². The van der Waals surface area contributed by atoms with Gasteiger partial charge in [-0.3, -0.25) is 0 Å². The number of nitrogens with one attached hydrogen (secondary N) is 1. The summed E-state index contributed by atoms with van der Waals surface area (Å²) in [5.74, 6) is -0.870. The van der Waals surface area contributed by atoms with Crippen molar-refractivity contribution in [1.82, 2.24) is 0 Å². The number of fused-ring (bicyclic) bond motifs is 1. The van der Waals surface area contributed by atoms with Crippen molar-refractivity contribution < 1.29 is 9.90 Å². The average molecular weight is 281 g/mol. The van der Waals surface area contributed by atoms with Crippen molar-refractivity contribution >= 4 is 11.7 Å². The number of carboxylic acids is 1. The number of carbonyl (C=O) groups is 1. The van der Waals surface area contributed by atoms with Crippen molar-refractivity contribution in [3.63, 3.8) is 0 Å². The number of benzene rings is 2. The highest BCUT2D eigenvalue weighted by molar-refractivity contribution is 5.91. The summed E-state index contributed by atoms with van der Waals surface area (Å²) in [7, 11) is 0. The molecule has 0 amide bonds. The Morgan fingerprint density at radius 3 is 2.67 bits per heavy atom. The van der Waals surface area contributed by atoms with E-state index in [1.807, 2.05) is 13.0 Å². The fourth-order valence-electron chi connectivity index (χ4n) is 3.06. The molecule has 0 saturated carbocycles. The number of carboxylic acid groups (broad SMARTS) is 1. The zero-order valence-corrected chi connectivity index (χ0v) is 12.1. The molecule has 108 valence electrons. The lowest BCUT2D eigenvalue weighted by Crippen LogP contribution is -2.27. The van der Waals surface area contributed by atoms with Crippen LogP contribution in [0.25, 0.3) is 0 Å². The fraction of sp³-hybridized carbons (Fsp3) is 0.278. The molecule has 0 spiro atoms. The second-order valence-electron chi connectivity index (χ2n) is 5.64. The lowest BCUT2D eigenvalue weighted by Gasteiger charge is -2.27. The smallest absolute Gasteiger partial charge is 0.336 e. The van der Waals surface area contributed by atoms with Crippen LogP contribution in [-0.2, 0) is 12.8 Å². The molecule has 1 atom stereocenters. The molecule has 0 fully saturated rings. The molecule has 3 heteroatoms. The van der Waals surface area contributed by atoms with E-state index in [-0.39, 0.29) is 0 Å². The molecule has 3 rings (SSSR count). The third-order valence-corrected chi connectivity index (χ3v) is 4.27. The van der Waals surface area contributed by atoms with Crippen LogP contribution in [0.5, 0.6) is 0 Å². The molecule has 0 saturated heterocycles. The Bertz CT molecular complexity index is 679. The minimum absolute atomic E-state index is 0.364. The van der Waals surface area contributed by atoms with Crippen LogP contribution in [0, 0.1) is 6.92 Å². The molecule has 21 heavy (non-hydrogen) atoms. The largest absolute Gasteiger partial charge is 0.478 e. The van der Waals surface area contributed by atoms with E-state index in [2.05, 4.69) is 29.6 Å². The number of hydrogen-bond acceptors (Lipinski definition) is 2. The minimum Gasteiger partial charge on any atom is -0.478 e. The van der Waals surface area contributed by atoms with Crippen molar-refractivity contribution in [1.29, 1.82) is 0 Å². The second kappa shape index (κ2) is 5.60. The normalized spacial score (nSPS) is 17.1. The summed E-state index contributed by atoms with van der Waals surface area (Å²) in [6.45, 7) is 1.86. The first kappa shape index (κ1) is 13.7. The van der Waals surface area contributed by atoms with Crippen LogP contribution in [-0.4, -0.2) is 17.1 Å². The van der Waals surface area contributed by atoms with Gasteiger partial charge in [0.1, 0.15) is 0 Å². The monoisotopic (exact) mass is 281 g/mol. The predicted octanol–water partition coefficient (Wildman–Crippen LogP) is 3.66. The zero-order valence-electron chi connectivity index (χ0n) is 12.1. The quantitative estimate of drug-likeness (QED) is 0.902. The summed E-state index contributed by atoms with van der Waals surface area (Å²) < 4.78 is 0. The summed E-state index contributed by atoms with van der Waals surface area (Å²) in [6.07, 6.45) is 3.15. The Hall–Kier alpha value is -2.29. The summed E-state index contributed by atoms with van der Waals surface area (Å²) >= 11 is 0. The highest BCUT2D eigenvalue weighted by Gasteiger charge is 2.19. The first-order chi connectivity index (χ1) is 10.1. The zero-order chi connectivity index (χ0) is 14.8. The van der Waals surface area contributed by atoms with Gasteiger partial charge in [-0.2, -0.15) is 0 Å². The van der Waals surface area contributed by atoms with Crippen LogP contribution in [0.15, 0.2) is 42.5 Å². The van der Waals surface area contributed by atoms with Gasteiger partial charge in [0, 0.05) is 11.7 Å². The Balaban J connectivity index is 1.80. The highest BCUT2D eigenvalue weighted by atomic mass is 16.4. The molecule has 0 heterocycles. The molecule has 2 aromatic carbocycles. The first-order valence-electron chi connectivity index (χ1n) is 7.31. The van der Waals surface area contributed by atoms with E-state index in [1.54, 1.807) is 12.1 Å². The van der Waals surface area contributed by atoms with Gasteiger partial charge in [0.15, 0.2) is 0 Å². The van der Waals surface area contributed by atoms with Crippen molar-refractivity contribution in [2.24, 2.45) is 0 Å². The summed E-state index contributed by atoms with van der Waals surface area (Å²) in [6, 6.07) is 14.3. The van der Waals surface area contributed by atoms with E-state index in [0.717, 1.165) is 30.5 Å². The minimum atomic E-state index is -0.870. The van der Waals surface area contributed by atoms with E-state index in [9.17, 15) is 9.90 Å². The van der Waals surface area contributed by atoms with E-state index in [1.165, 1.54) is 11.1 Å². The molecule has 0 aromatic heterocycles. The van der Waals surface area contributed by atoms with Gasteiger partial charge >= 0.3 is 5.97 Å². The van der Waals surface area contributed by atoms with Crippen LogP contribution < -0.4 is 5.32 Å². The Kier molecular flexibility index (Phi) is 3.65. The molecule has 2 N–H and O–H groups in total. The molecule has 3 nitrogen and oxygen atoms in total. The van der Waals surface area contributed by atoms with Crippen molar-refractivity contribution in [3.8, 4) is 0 Å². The van der Waals surface area contributed by atoms with Gasteiger partial charge in [-0.1, -0.05) is 30.3 Å². The van der Waals surface area contributed by atoms with Gasteiger partial charge in [0.25, 0.3) is 0 Å². The molecular formula is C18H19NO2. The number of hydrogen-bond donors (Lipinski definition) is 2. The molecule has 1 aliphatic rings. The highest BCUT2D eigenvalue weighted by Crippen LogP contribution is 2.26. The maximum absolute atomic E-state index is 11.2. The van der Waals surface area contributed by atoms with Crippen LogP contribution in [0.2, 0.25) is 0 Å². The van der Waals surface area contributed by atoms with Crippen molar-refractivity contribution in [2.45, 2.75) is 32.2 Å². The van der Waals surface area contributed by atoms with Crippen LogP contribution in [0.1, 0.15) is 33.5 Å². The lowest BCUT2D eigenvalue weighted by molar-refractivity contribution is 0.0696. The van der Waals surface area contributed by atoms with Gasteiger partial charge in [-0.25, -0.2) is 4.79 Å². The van der Waals surface area contributed by atoms with E-state index in [0.29, 0.717) is 11.6 Å². The maximum Gasteiger partial charge on any atom is 0.336 e. The Morgan fingerprint density at radius 1 is 1.14 bits per heavy atom. The summed E-state index contributed by atoms with van der Waals surface area (Å²) in [5, 5.41) is 12.7. The Labute approximate surface area is 124 Å². The van der Waals surface area contributed by atoms with Crippen molar-refractivity contribution in [3.05, 3.63) is 64.7 Å². The van der Waals surface area contributed by atoms with Crippen LogP contribution in [0.4, 0.5) is 5.69 Å². The van der Waals surface area contributed by atoms with E-state index < -0.39 is 5.97 Å². The van der Waals surface area contributed by atoms with Gasteiger partial charge in [0.2, 0.25) is 0 Å². The predicted molar refractivity (Wildman–Crippen MR) is 84.0 cm³/mol.